The standard InChI is InChI=1S/C14H26N2O2/c1-3-18-14(17)15-13-7-11(2)8-16(10-13)9-12-5-4-6-12/h11-13H,3-10H2,1-2H3,(H,15,17). The highest BCUT2D eigenvalue weighted by molar-refractivity contribution is 5.67. The molecule has 0 spiro atoms. The van der Waals surface area contributed by atoms with Crippen LogP contribution in [0.15, 0.2) is 0 Å². The third-order valence-electron chi connectivity index (χ3n) is 4.07. The number of amides is 1. The molecule has 1 heterocycles. The van der Waals surface area contributed by atoms with Crippen LogP contribution >= 0.6 is 0 Å². The van der Waals surface area contributed by atoms with Crippen molar-refractivity contribution in [2.75, 3.05) is 26.2 Å². The van der Waals surface area contributed by atoms with Crippen molar-refractivity contribution < 1.29 is 9.53 Å². The normalized spacial score (nSPS) is 29.7. The summed E-state index contributed by atoms with van der Waals surface area (Å²) in [5.74, 6) is 1.56. The first kappa shape index (κ1) is 13.7. The quantitative estimate of drug-likeness (QED) is 0.836. The van der Waals surface area contributed by atoms with Gasteiger partial charge in [0.2, 0.25) is 0 Å². The van der Waals surface area contributed by atoms with Gasteiger partial charge >= 0.3 is 6.09 Å². The van der Waals surface area contributed by atoms with E-state index in [1.807, 2.05) is 6.92 Å². The van der Waals surface area contributed by atoms with Crippen LogP contribution in [0.2, 0.25) is 0 Å². The average Bonchev–Trinajstić information content (AvgIpc) is 2.23. The molecule has 2 unspecified atom stereocenters. The van der Waals surface area contributed by atoms with Gasteiger partial charge in [-0.05, 0) is 38.0 Å². The van der Waals surface area contributed by atoms with Gasteiger partial charge in [-0.2, -0.15) is 0 Å². The summed E-state index contributed by atoms with van der Waals surface area (Å²) in [6, 6.07) is 0.257. The third-order valence-corrected chi connectivity index (χ3v) is 4.07. The summed E-state index contributed by atoms with van der Waals surface area (Å²) in [5, 5.41) is 2.99. The second-order valence-electron chi connectivity index (χ2n) is 5.92. The van der Waals surface area contributed by atoms with Crippen LogP contribution in [0.4, 0.5) is 4.79 Å². The second kappa shape index (κ2) is 6.41. The first-order valence-electron chi connectivity index (χ1n) is 7.33. The molecule has 0 aromatic carbocycles. The smallest absolute Gasteiger partial charge is 0.407 e. The maximum Gasteiger partial charge on any atom is 0.407 e. The molecule has 4 heteroatoms. The van der Waals surface area contributed by atoms with Crippen LogP contribution in [-0.4, -0.2) is 43.3 Å². The summed E-state index contributed by atoms with van der Waals surface area (Å²) in [5.41, 5.74) is 0. The maximum absolute atomic E-state index is 11.5. The number of rotatable bonds is 4. The summed E-state index contributed by atoms with van der Waals surface area (Å²) < 4.78 is 4.96. The molecule has 0 radical (unpaired) electrons. The number of carbonyl (C=O) groups excluding carboxylic acids is 1. The van der Waals surface area contributed by atoms with Crippen LogP contribution in [0.1, 0.15) is 39.5 Å². The molecule has 0 bridgehead atoms. The molecule has 1 aliphatic carbocycles. The number of likely N-dealkylation sites (tertiary alicyclic amines) is 1. The Morgan fingerprint density at radius 3 is 2.78 bits per heavy atom. The highest BCUT2D eigenvalue weighted by Gasteiger charge is 2.29. The topological polar surface area (TPSA) is 41.6 Å². The molecule has 0 aromatic heterocycles. The second-order valence-corrected chi connectivity index (χ2v) is 5.92. The molecule has 2 rings (SSSR count). The van der Waals surface area contributed by atoms with Crippen LogP contribution in [0, 0.1) is 11.8 Å². The molecular formula is C14H26N2O2. The fourth-order valence-electron chi connectivity index (χ4n) is 3.10. The Balaban J connectivity index is 1.77. The zero-order valence-electron chi connectivity index (χ0n) is 11.7. The minimum Gasteiger partial charge on any atom is -0.450 e. The minimum absolute atomic E-state index is 0.257. The number of ether oxygens (including phenoxy) is 1. The summed E-state index contributed by atoms with van der Waals surface area (Å²) in [6.07, 6.45) is 4.99. The zero-order chi connectivity index (χ0) is 13.0. The van der Waals surface area contributed by atoms with Crippen molar-refractivity contribution in [3.8, 4) is 0 Å². The Labute approximate surface area is 110 Å². The zero-order valence-corrected chi connectivity index (χ0v) is 11.7. The van der Waals surface area contributed by atoms with E-state index in [1.165, 1.54) is 32.4 Å². The summed E-state index contributed by atoms with van der Waals surface area (Å²) in [4.78, 5) is 14.0. The Morgan fingerprint density at radius 1 is 1.39 bits per heavy atom. The summed E-state index contributed by atoms with van der Waals surface area (Å²) >= 11 is 0. The molecule has 1 saturated carbocycles. The van der Waals surface area contributed by atoms with Crippen molar-refractivity contribution in [3.05, 3.63) is 0 Å². The Hall–Kier alpha value is -0.770. The number of carbonyl (C=O) groups is 1. The maximum atomic E-state index is 11.5. The molecule has 18 heavy (non-hydrogen) atoms. The van der Waals surface area contributed by atoms with Gasteiger partial charge in [0.05, 0.1) is 6.61 Å². The number of hydrogen-bond donors (Lipinski definition) is 1. The molecule has 1 amide bonds. The number of nitrogens with zero attached hydrogens (tertiary/aromatic N) is 1. The van der Waals surface area contributed by atoms with Gasteiger partial charge in [0.1, 0.15) is 0 Å². The van der Waals surface area contributed by atoms with E-state index < -0.39 is 0 Å². The van der Waals surface area contributed by atoms with E-state index in [1.54, 1.807) is 0 Å². The first-order chi connectivity index (χ1) is 8.67. The number of nitrogens with one attached hydrogen (secondary N) is 1. The lowest BCUT2D eigenvalue weighted by molar-refractivity contribution is 0.0983. The van der Waals surface area contributed by atoms with E-state index in [0.29, 0.717) is 12.5 Å². The van der Waals surface area contributed by atoms with Gasteiger partial charge in [0.25, 0.3) is 0 Å². The van der Waals surface area contributed by atoms with Crippen LogP contribution in [0.25, 0.3) is 0 Å². The number of hydrogen-bond acceptors (Lipinski definition) is 3. The van der Waals surface area contributed by atoms with E-state index in [9.17, 15) is 4.79 Å². The number of piperidine rings is 1. The number of alkyl carbamates (subject to hydrolysis) is 1. The fraction of sp³-hybridized carbons (Fsp3) is 0.929. The molecule has 1 N–H and O–H groups in total. The monoisotopic (exact) mass is 254 g/mol. The van der Waals surface area contributed by atoms with Gasteiger partial charge in [0, 0.05) is 25.7 Å². The SMILES string of the molecule is CCOC(=O)NC1CC(C)CN(CC2CCC2)C1. The van der Waals surface area contributed by atoms with Crippen molar-refractivity contribution in [3.63, 3.8) is 0 Å². The van der Waals surface area contributed by atoms with E-state index in [4.69, 9.17) is 4.74 Å². The van der Waals surface area contributed by atoms with Crippen LogP contribution in [0.5, 0.6) is 0 Å². The van der Waals surface area contributed by atoms with Gasteiger partial charge in [-0.3, -0.25) is 0 Å². The molecule has 2 atom stereocenters. The van der Waals surface area contributed by atoms with Gasteiger partial charge in [0.15, 0.2) is 0 Å². The van der Waals surface area contributed by atoms with Crippen molar-refractivity contribution in [2.45, 2.75) is 45.6 Å². The highest BCUT2D eigenvalue weighted by Crippen LogP contribution is 2.28. The molecule has 1 aliphatic heterocycles. The minimum atomic E-state index is -0.264. The van der Waals surface area contributed by atoms with Crippen LogP contribution in [-0.2, 0) is 4.74 Å². The lowest BCUT2D eigenvalue weighted by atomic mass is 9.84. The predicted molar refractivity (Wildman–Crippen MR) is 71.5 cm³/mol. The van der Waals surface area contributed by atoms with Crippen molar-refractivity contribution in [1.29, 1.82) is 0 Å². The molecule has 4 nitrogen and oxygen atoms in total. The predicted octanol–water partition coefficient (Wildman–Crippen LogP) is 2.24. The van der Waals surface area contributed by atoms with Gasteiger partial charge in [-0.25, -0.2) is 4.79 Å². The third kappa shape index (κ3) is 3.87. The average molecular weight is 254 g/mol. The molecule has 2 fully saturated rings. The lowest BCUT2D eigenvalue weighted by Crippen LogP contribution is -2.51. The van der Waals surface area contributed by atoms with Gasteiger partial charge in [-0.1, -0.05) is 13.3 Å². The summed E-state index contributed by atoms with van der Waals surface area (Å²) in [6.45, 7) is 7.93. The Kier molecular flexibility index (Phi) is 4.87. The van der Waals surface area contributed by atoms with Crippen molar-refractivity contribution in [2.24, 2.45) is 11.8 Å². The summed E-state index contributed by atoms with van der Waals surface area (Å²) in [7, 11) is 0. The van der Waals surface area contributed by atoms with E-state index in [-0.39, 0.29) is 12.1 Å². The van der Waals surface area contributed by atoms with Crippen molar-refractivity contribution in [1.82, 2.24) is 10.2 Å². The van der Waals surface area contributed by atoms with Gasteiger partial charge < -0.3 is 15.0 Å². The fourth-order valence-corrected chi connectivity index (χ4v) is 3.10. The Morgan fingerprint density at radius 2 is 2.17 bits per heavy atom. The largest absolute Gasteiger partial charge is 0.450 e. The highest BCUT2D eigenvalue weighted by atomic mass is 16.5. The molecule has 104 valence electrons. The van der Waals surface area contributed by atoms with E-state index in [2.05, 4.69) is 17.1 Å². The molecular weight excluding hydrogens is 228 g/mol. The Bertz CT molecular complexity index is 279. The van der Waals surface area contributed by atoms with Gasteiger partial charge in [-0.15, -0.1) is 0 Å². The van der Waals surface area contributed by atoms with Crippen LogP contribution < -0.4 is 5.32 Å². The van der Waals surface area contributed by atoms with Crippen molar-refractivity contribution >= 4 is 6.09 Å². The molecule has 0 aromatic rings. The lowest BCUT2D eigenvalue weighted by Gasteiger charge is -2.40. The van der Waals surface area contributed by atoms with Crippen LogP contribution in [0.3, 0.4) is 0 Å². The molecule has 2 aliphatic rings. The molecule has 1 saturated heterocycles. The first-order valence-corrected chi connectivity index (χ1v) is 7.33. The van der Waals surface area contributed by atoms with E-state index in [0.717, 1.165) is 18.9 Å². The van der Waals surface area contributed by atoms with E-state index >= 15 is 0 Å².